The van der Waals surface area contributed by atoms with Gasteiger partial charge in [-0.25, -0.2) is 19.2 Å². The molecule has 0 spiro atoms. The Labute approximate surface area is 264 Å². The van der Waals surface area contributed by atoms with Crippen LogP contribution in [-0.4, -0.2) is 69.5 Å². The molecule has 1 unspecified atom stereocenters. The van der Waals surface area contributed by atoms with Gasteiger partial charge >= 0.3 is 12.1 Å². The van der Waals surface area contributed by atoms with Crippen LogP contribution >= 0.6 is 0 Å². The minimum atomic E-state index is -4.59. The fourth-order valence-corrected chi connectivity index (χ4v) is 4.78. The molecule has 0 saturated heterocycles. The zero-order valence-corrected chi connectivity index (χ0v) is 25.8. The number of halogens is 5. The van der Waals surface area contributed by atoms with Crippen LogP contribution in [0.4, 0.5) is 17.6 Å². The Hall–Kier alpha value is -4.42. The standard InChI is InChI=1S/C32H31F4N6O2.ClH/c1-20-10-11-21(23(18-20)32(34,35)36)25-12-13-27(40-39-25)29(31(43)44-17-7-16-42(2,3)4)41-15-14-26-28(19-41)38-30(37-26)22-8-5-6-9-24(22)33;/h5-6,8-15,18-19,29H,7,16-17H2,1-4H3;1H/q+1;/p-1. The number of carbonyl (C=O) groups excluding carboxylic acids is 1. The van der Waals surface area contributed by atoms with Gasteiger partial charge in [-0.15, -0.1) is 0 Å². The number of ether oxygens (including phenoxy) is 1. The Morgan fingerprint density at radius 1 is 0.933 bits per heavy atom. The van der Waals surface area contributed by atoms with Crippen molar-refractivity contribution >= 4 is 5.97 Å². The van der Waals surface area contributed by atoms with Gasteiger partial charge in [0.25, 0.3) is 0 Å². The highest BCUT2D eigenvalue weighted by Crippen LogP contribution is 2.37. The molecule has 0 amide bonds. The molecule has 1 atom stereocenters. The highest BCUT2D eigenvalue weighted by Gasteiger charge is 2.34. The second-order valence-corrected chi connectivity index (χ2v) is 11.5. The molecule has 5 rings (SSSR count). The summed E-state index contributed by atoms with van der Waals surface area (Å²) in [4.78, 5) is 22.4. The SMILES string of the molecule is Cc1ccc(-c2ccc(C(C(=O)OCCC[N+](C)(C)C)n3ccc4nc(-c5ccccc5F)nc-4c3)nn2)c(C(F)(F)F)c1.[Cl-]. The maximum Gasteiger partial charge on any atom is 0.417 e. The second kappa shape index (κ2) is 13.3. The third-order valence-electron chi connectivity index (χ3n) is 6.97. The fourth-order valence-electron chi connectivity index (χ4n) is 4.78. The molecule has 0 radical (unpaired) electrons. The molecule has 0 fully saturated rings. The predicted octanol–water partition coefficient (Wildman–Crippen LogP) is 3.21. The van der Waals surface area contributed by atoms with E-state index in [0.717, 1.165) is 12.6 Å². The molecule has 1 aromatic heterocycles. The number of fused-ring (bicyclic) bond motifs is 1. The lowest BCUT2D eigenvalue weighted by Crippen LogP contribution is -3.00. The second-order valence-electron chi connectivity index (χ2n) is 11.5. The number of alkyl halides is 3. The van der Waals surface area contributed by atoms with Crippen LogP contribution in [0.25, 0.3) is 34.0 Å². The van der Waals surface area contributed by atoms with Gasteiger partial charge < -0.3 is 26.2 Å². The molecule has 0 bridgehead atoms. The number of imidazole rings is 1. The lowest BCUT2D eigenvalue weighted by atomic mass is 10.0. The van der Waals surface area contributed by atoms with Gasteiger partial charge in [0.05, 0.1) is 62.5 Å². The first-order valence-corrected chi connectivity index (χ1v) is 13.9. The number of quaternary nitrogens is 1. The first-order chi connectivity index (χ1) is 20.8. The molecular weight excluding hydrogens is 612 g/mol. The summed E-state index contributed by atoms with van der Waals surface area (Å²) in [6, 6.07) is 13.5. The molecule has 0 aliphatic carbocycles. The van der Waals surface area contributed by atoms with Crippen LogP contribution in [-0.2, 0) is 15.7 Å². The summed E-state index contributed by atoms with van der Waals surface area (Å²) in [5.74, 6) is -0.903. The minimum absolute atomic E-state index is 0. The van der Waals surface area contributed by atoms with Gasteiger partial charge in [-0.3, -0.25) is 0 Å². The van der Waals surface area contributed by atoms with Gasteiger partial charge in [0.15, 0.2) is 11.9 Å². The van der Waals surface area contributed by atoms with Crippen LogP contribution in [0, 0.1) is 12.7 Å². The van der Waals surface area contributed by atoms with Crippen molar-refractivity contribution in [1.82, 2.24) is 24.7 Å². The average molecular weight is 643 g/mol. The molecule has 2 aromatic carbocycles. The van der Waals surface area contributed by atoms with E-state index in [-0.39, 0.29) is 47.4 Å². The van der Waals surface area contributed by atoms with Crippen LogP contribution < -0.4 is 12.4 Å². The van der Waals surface area contributed by atoms with E-state index < -0.39 is 29.6 Å². The highest BCUT2D eigenvalue weighted by molar-refractivity contribution is 5.78. The summed E-state index contributed by atoms with van der Waals surface area (Å²) in [5.41, 5.74) is 0.787. The minimum Gasteiger partial charge on any atom is -1.00 e. The number of aryl methyl sites for hydroxylation is 1. The third kappa shape index (κ3) is 7.81. The predicted molar refractivity (Wildman–Crippen MR) is 156 cm³/mol. The summed E-state index contributed by atoms with van der Waals surface area (Å²) in [6.45, 7) is 2.51. The number of benzene rings is 2. The number of esters is 1. The molecule has 2 aliphatic rings. The normalized spacial score (nSPS) is 12.5. The lowest BCUT2D eigenvalue weighted by Gasteiger charge is -2.24. The van der Waals surface area contributed by atoms with Crippen LogP contribution in [0.1, 0.15) is 29.3 Å². The molecule has 45 heavy (non-hydrogen) atoms. The van der Waals surface area contributed by atoms with Crippen molar-refractivity contribution in [2.24, 2.45) is 0 Å². The summed E-state index contributed by atoms with van der Waals surface area (Å²) in [7, 11) is 6.09. The number of hydrogen-bond acceptors (Lipinski definition) is 6. The molecule has 236 valence electrons. The van der Waals surface area contributed by atoms with E-state index in [1.807, 2.05) is 21.1 Å². The van der Waals surface area contributed by atoms with Crippen LogP contribution in [0.15, 0.2) is 73.1 Å². The Morgan fingerprint density at radius 2 is 1.67 bits per heavy atom. The van der Waals surface area contributed by atoms with Crippen molar-refractivity contribution in [3.63, 3.8) is 0 Å². The zero-order valence-electron chi connectivity index (χ0n) is 25.0. The zero-order chi connectivity index (χ0) is 31.6. The molecule has 0 saturated carbocycles. The van der Waals surface area contributed by atoms with E-state index in [1.54, 1.807) is 49.6 Å². The van der Waals surface area contributed by atoms with E-state index in [1.165, 1.54) is 28.8 Å². The van der Waals surface area contributed by atoms with Gasteiger partial charge in [-0.05, 0) is 43.3 Å². The van der Waals surface area contributed by atoms with Gasteiger partial charge in [0.1, 0.15) is 11.5 Å². The Bertz CT molecular complexity index is 1750. The van der Waals surface area contributed by atoms with E-state index in [0.29, 0.717) is 27.9 Å². The summed E-state index contributed by atoms with van der Waals surface area (Å²) < 4.78 is 63.6. The van der Waals surface area contributed by atoms with E-state index >= 15 is 0 Å². The largest absolute Gasteiger partial charge is 1.00 e. The van der Waals surface area contributed by atoms with Crippen molar-refractivity contribution < 1.29 is 44.0 Å². The van der Waals surface area contributed by atoms with E-state index in [9.17, 15) is 22.4 Å². The number of pyridine rings is 1. The van der Waals surface area contributed by atoms with Gasteiger partial charge in [0, 0.05) is 24.4 Å². The molecule has 3 aromatic rings. The monoisotopic (exact) mass is 642 g/mol. The average Bonchev–Trinajstić information content (AvgIpc) is 3.38. The first kappa shape index (κ1) is 33.5. The van der Waals surface area contributed by atoms with Gasteiger partial charge in [-0.1, -0.05) is 29.8 Å². The molecule has 8 nitrogen and oxygen atoms in total. The molecule has 0 N–H and O–H groups in total. The quantitative estimate of drug-likeness (QED) is 0.106. The van der Waals surface area contributed by atoms with Gasteiger partial charge in [0.2, 0.25) is 0 Å². The molecule has 2 aliphatic heterocycles. The van der Waals surface area contributed by atoms with Crippen molar-refractivity contribution in [2.45, 2.75) is 25.6 Å². The Kier molecular flexibility index (Phi) is 9.89. The molecule has 3 heterocycles. The van der Waals surface area contributed by atoms with Crippen LogP contribution in [0.5, 0.6) is 0 Å². The number of hydrogen-bond donors (Lipinski definition) is 0. The van der Waals surface area contributed by atoms with E-state index in [4.69, 9.17) is 4.74 Å². The van der Waals surface area contributed by atoms with Crippen LogP contribution in [0.2, 0.25) is 0 Å². The Morgan fingerprint density at radius 3 is 2.33 bits per heavy atom. The summed E-state index contributed by atoms with van der Waals surface area (Å²) in [5, 5.41) is 8.27. The van der Waals surface area contributed by atoms with Gasteiger partial charge in [-0.2, -0.15) is 23.4 Å². The molecule has 13 heteroatoms. The highest BCUT2D eigenvalue weighted by atomic mass is 35.5. The van der Waals surface area contributed by atoms with Crippen molar-refractivity contribution in [1.29, 1.82) is 0 Å². The van der Waals surface area contributed by atoms with Crippen molar-refractivity contribution in [2.75, 3.05) is 34.3 Å². The third-order valence-corrected chi connectivity index (χ3v) is 6.97. The Balaban J connectivity index is 0.00000461. The van der Waals surface area contributed by atoms with Crippen LogP contribution in [0.3, 0.4) is 0 Å². The topological polar surface area (TPSA) is 82.8 Å². The fraction of sp³-hybridized carbons (Fsp3) is 0.281. The van der Waals surface area contributed by atoms with Crippen molar-refractivity contribution in [3.8, 4) is 34.0 Å². The van der Waals surface area contributed by atoms with E-state index in [2.05, 4.69) is 20.2 Å². The number of rotatable bonds is 9. The number of nitrogens with zero attached hydrogens (tertiary/aromatic N) is 6. The summed E-state index contributed by atoms with van der Waals surface area (Å²) >= 11 is 0. The summed E-state index contributed by atoms with van der Waals surface area (Å²) in [6.07, 6.45) is -0.809. The van der Waals surface area contributed by atoms with Crippen molar-refractivity contribution in [3.05, 3.63) is 95.7 Å². The maximum absolute atomic E-state index is 14.4. The maximum atomic E-state index is 14.4. The first-order valence-electron chi connectivity index (χ1n) is 13.9. The number of aromatic nitrogens is 5. The lowest BCUT2D eigenvalue weighted by molar-refractivity contribution is -0.870. The molecular formula is C32H31ClF4N6O2. The number of carbonyl (C=O) groups is 1. The smallest absolute Gasteiger partial charge is 0.417 e.